The van der Waals surface area contributed by atoms with Gasteiger partial charge in [0.25, 0.3) is 0 Å². The molecule has 0 amide bonds. The van der Waals surface area contributed by atoms with Crippen LogP contribution in [0.4, 0.5) is 0 Å². The lowest BCUT2D eigenvalue weighted by Crippen LogP contribution is -2.17. The van der Waals surface area contributed by atoms with Gasteiger partial charge in [-0.1, -0.05) is 59.1 Å². The number of aryl methyl sites for hydroxylation is 3. The number of halogens is 2. The minimum Gasteiger partial charge on any atom is -0.317 e. The van der Waals surface area contributed by atoms with E-state index >= 15 is 0 Å². The van der Waals surface area contributed by atoms with Crippen molar-refractivity contribution in [1.29, 1.82) is 4.78 Å². The first kappa shape index (κ1) is 22.6. The lowest BCUT2D eigenvalue weighted by molar-refractivity contribution is 0.620. The summed E-state index contributed by atoms with van der Waals surface area (Å²) in [4.78, 5) is 0. The van der Waals surface area contributed by atoms with Gasteiger partial charge in [0.1, 0.15) is 0 Å². The lowest BCUT2D eigenvalue weighted by atomic mass is 10.1. The summed E-state index contributed by atoms with van der Waals surface area (Å²) in [6.07, 6.45) is 4.46. The summed E-state index contributed by atoms with van der Waals surface area (Å²) in [5.74, 6) is 0. The molecule has 2 N–H and O–H groups in total. The van der Waals surface area contributed by atoms with Crippen molar-refractivity contribution in [2.75, 3.05) is 13.1 Å². The summed E-state index contributed by atoms with van der Waals surface area (Å²) in [7, 11) is -2.61. The van der Waals surface area contributed by atoms with Gasteiger partial charge in [-0.3, -0.25) is 0 Å². The van der Waals surface area contributed by atoms with Gasteiger partial charge >= 0.3 is 10.5 Å². The van der Waals surface area contributed by atoms with Gasteiger partial charge in [0, 0.05) is 0 Å². The highest BCUT2D eigenvalue weighted by Crippen LogP contribution is 2.23. The molecule has 0 saturated heterocycles. The summed E-state index contributed by atoms with van der Waals surface area (Å²) >= 11 is 11.9. The van der Waals surface area contributed by atoms with E-state index in [1.54, 1.807) is 0 Å². The number of hydrogen-bond acceptors (Lipinski definition) is 4. The van der Waals surface area contributed by atoms with Crippen LogP contribution < -0.4 is 5.32 Å². The van der Waals surface area contributed by atoms with Crippen molar-refractivity contribution in [3.05, 3.63) is 69.2 Å². The molecule has 26 heavy (non-hydrogen) atoms. The van der Waals surface area contributed by atoms with Crippen molar-refractivity contribution in [3.8, 4) is 0 Å². The smallest absolute Gasteiger partial charge is 0.308 e. The molecule has 0 saturated carbocycles. The Bertz CT molecular complexity index is 772. The van der Waals surface area contributed by atoms with E-state index in [0.717, 1.165) is 32.4 Å². The normalized spacial score (nSPS) is 10.1. The van der Waals surface area contributed by atoms with E-state index in [0.29, 0.717) is 10.0 Å². The van der Waals surface area contributed by atoms with Crippen molar-refractivity contribution in [1.82, 2.24) is 5.32 Å². The van der Waals surface area contributed by atoms with Gasteiger partial charge in [-0.2, -0.15) is 13.2 Å². The van der Waals surface area contributed by atoms with E-state index in [1.165, 1.54) is 23.1 Å². The predicted octanol–water partition coefficient (Wildman–Crippen LogP) is 5.08. The number of rotatable bonds is 8. The molecule has 0 aromatic heterocycles. The van der Waals surface area contributed by atoms with Crippen molar-refractivity contribution < 1.29 is 8.42 Å². The maximum atomic E-state index is 8.67. The molecule has 7 heteroatoms. The van der Waals surface area contributed by atoms with E-state index in [2.05, 4.69) is 36.5 Å². The molecule has 2 rings (SSSR count). The van der Waals surface area contributed by atoms with Crippen molar-refractivity contribution in [3.63, 3.8) is 0 Å². The highest BCUT2D eigenvalue weighted by atomic mass is 35.5. The molecule has 0 fully saturated rings. The van der Waals surface area contributed by atoms with Crippen molar-refractivity contribution in [2.45, 2.75) is 32.6 Å². The minimum atomic E-state index is -2.61. The first-order valence-electron chi connectivity index (χ1n) is 8.39. The highest BCUT2D eigenvalue weighted by molar-refractivity contribution is 7.60. The van der Waals surface area contributed by atoms with Crippen molar-refractivity contribution in [2.24, 2.45) is 0 Å². The van der Waals surface area contributed by atoms with E-state index in [-0.39, 0.29) is 0 Å². The molecule has 0 aliphatic carbocycles. The van der Waals surface area contributed by atoms with Gasteiger partial charge in [-0.25, -0.2) is 0 Å². The summed E-state index contributed by atoms with van der Waals surface area (Å²) in [5.41, 5.74) is 3.99. The molecule has 0 bridgehead atoms. The Morgan fingerprint density at radius 3 is 1.92 bits per heavy atom. The average Bonchev–Trinajstić information content (AvgIpc) is 2.58. The summed E-state index contributed by atoms with van der Waals surface area (Å²) in [5, 5.41) is 4.77. The monoisotopic (exact) mass is 414 g/mol. The largest absolute Gasteiger partial charge is 0.317 e. The quantitative estimate of drug-likeness (QED) is 0.591. The third-order valence-electron chi connectivity index (χ3n) is 3.74. The van der Waals surface area contributed by atoms with Crippen LogP contribution in [0.3, 0.4) is 0 Å². The molecule has 0 aliphatic rings. The average molecular weight is 415 g/mol. The first-order valence-corrected chi connectivity index (χ1v) is 10.2. The Balaban J connectivity index is 0.000000765. The maximum Gasteiger partial charge on any atom is 0.308 e. The molecule has 0 radical (unpaired) electrons. The predicted molar refractivity (Wildman–Crippen MR) is 109 cm³/mol. The molecule has 2 aromatic rings. The fourth-order valence-corrected chi connectivity index (χ4v) is 2.73. The zero-order valence-corrected chi connectivity index (χ0v) is 17.1. The highest BCUT2D eigenvalue weighted by Gasteiger charge is 1.99. The maximum absolute atomic E-state index is 8.67. The van der Waals surface area contributed by atoms with Crippen molar-refractivity contribution >= 4 is 33.7 Å². The topological polar surface area (TPSA) is 70.0 Å². The van der Waals surface area contributed by atoms with Crippen LogP contribution in [0.2, 0.25) is 10.0 Å². The molecule has 0 unspecified atom stereocenters. The second kappa shape index (κ2) is 12.9. The third kappa shape index (κ3) is 10.6. The summed E-state index contributed by atoms with van der Waals surface area (Å²) in [6.45, 7) is 4.22. The molecule has 2 aromatic carbocycles. The fraction of sp³-hybridized carbons (Fsp3) is 0.368. The van der Waals surface area contributed by atoms with Crippen LogP contribution in [0.25, 0.3) is 0 Å². The molecule has 0 aliphatic heterocycles. The Kier molecular flexibility index (Phi) is 11.2. The van der Waals surface area contributed by atoms with Gasteiger partial charge in [-0.15, -0.1) is 0 Å². The molecule has 0 spiro atoms. The zero-order valence-electron chi connectivity index (χ0n) is 14.8. The van der Waals surface area contributed by atoms with Crippen LogP contribution in [0.1, 0.15) is 29.5 Å². The van der Waals surface area contributed by atoms with Gasteiger partial charge < -0.3 is 5.32 Å². The van der Waals surface area contributed by atoms with Crippen LogP contribution >= 0.6 is 23.2 Å². The van der Waals surface area contributed by atoms with Gasteiger partial charge in [0.2, 0.25) is 0 Å². The molecule has 4 nitrogen and oxygen atoms in total. The molecule has 0 atom stereocenters. The Morgan fingerprint density at radius 1 is 0.885 bits per heavy atom. The van der Waals surface area contributed by atoms with Crippen LogP contribution in [0.5, 0.6) is 0 Å². The zero-order chi connectivity index (χ0) is 19.4. The molecule has 0 heterocycles. The van der Waals surface area contributed by atoms with E-state index in [9.17, 15) is 0 Å². The molecule has 142 valence electrons. The minimum absolute atomic E-state index is 0.625. The number of hydrogen-bond donors (Lipinski definition) is 2. The summed E-state index contributed by atoms with van der Waals surface area (Å²) < 4.78 is 22.8. The number of nitrogens with one attached hydrogen (secondary N) is 2. The van der Waals surface area contributed by atoms with Crippen LogP contribution in [-0.4, -0.2) is 21.5 Å². The van der Waals surface area contributed by atoms with Crippen LogP contribution in [-0.2, 0) is 23.3 Å². The van der Waals surface area contributed by atoms with Gasteiger partial charge in [-0.05, 0) is 69.0 Å². The second-order valence-electron chi connectivity index (χ2n) is 5.93. The van der Waals surface area contributed by atoms with E-state index in [1.807, 2.05) is 18.2 Å². The second-order valence-corrected chi connectivity index (χ2v) is 7.21. The van der Waals surface area contributed by atoms with Gasteiger partial charge in [0.15, 0.2) is 0 Å². The third-order valence-corrected chi connectivity index (χ3v) is 4.48. The van der Waals surface area contributed by atoms with Gasteiger partial charge in [0.05, 0.1) is 10.0 Å². The molecular formula is C19H24Cl2N2O2S. The van der Waals surface area contributed by atoms with Crippen LogP contribution in [0, 0.1) is 11.7 Å². The first-order chi connectivity index (χ1) is 12.4. The van der Waals surface area contributed by atoms with E-state index < -0.39 is 10.5 Å². The summed E-state index contributed by atoms with van der Waals surface area (Å²) in [6, 6.07) is 14.7. The number of benzene rings is 2. The van der Waals surface area contributed by atoms with E-state index in [4.69, 9.17) is 36.4 Å². The molecular weight excluding hydrogens is 391 g/mol. The fourth-order valence-electron chi connectivity index (χ4n) is 2.41. The Morgan fingerprint density at radius 2 is 1.38 bits per heavy atom. The standard InChI is InChI=1S/C19H23Cl2N.HNO2S/c1-15-6-8-16(9-7-15)4-2-12-22-13-3-5-17-10-11-18(20)19(21)14-17;1-4(2)3/h6-11,14,22H,2-5,12-13H2,1H3;1H. The lowest BCUT2D eigenvalue weighted by Gasteiger charge is -2.06. The van der Waals surface area contributed by atoms with Crippen LogP contribution in [0.15, 0.2) is 42.5 Å². The Hall–Kier alpha value is -1.40. The Labute approximate surface area is 167 Å². The SMILES string of the molecule is Cc1ccc(CCCNCCCc2ccc(Cl)c(Cl)c2)cc1.N=S(=O)=O.